The van der Waals surface area contributed by atoms with Gasteiger partial charge in [0.05, 0.1) is 17.9 Å². The van der Waals surface area contributed by atoms with Crippen LogP contribution in [-0.4, -0.2) is 33.6 Å². The summed E-state index contributed by atoms with van der Waals surface area (Å²) >= 11 is 29.2. The van der Waals surface area contributed by atoms with Crippen LogP contribution in [0.5, 0.6) is 0 Å². The molecule has 0 saturated carbocycles. The van der Waals surface area contributed by atoms with Crippen LogP contribution in [0.4, 0.5) is 5.69 Å². The lowest BCUT2D eigenvalue weighted by Gasteiger charge is -2.28. The molecule has 3 N–H and O–H groups in total. The van der Waals surface area contributed by atoms with Crippen LogP contribution >= 0.6 is 58.6 Å². The minimum absolute atomic E-state index is 0.00877. The lowest BCUT2D eigenvalue weighted by Crippen LogP contribution is -2.56. The Balaban J connectivity index is 2.13. The number of carbonyl (C=O) groups excluding carboxylic acids is 2. The van der Waals surface area contributed by atoms with Crippen LogP contribution in [0.2, 0.25) is 5.02 Å². The van der Waals surface area contributed by atoms with Crippen molar-refractivity contribution in [3.63, 3.8) is 0 Å². The zero-order valence-electron chi connectivity index (χ0n) is 15.5. The van der Waals surface area contributed by atoms with E-state index in [4.69, 9.17) is 63.4 Å². The predicted octanol–water partition coefficient (Wildman–Crippen LogP) is 4.93. The van der Waals surface area contributed by atoms with E-state index in [0.29, 0.717) is 10.7 Å². The molecule has 0 aliphatic heterocycles. The Morgan fingerprint density at radius 1 is 1.10 bits per heavy atom. The maximum atomic E-state index is 12.5. The molecule has 1 amide bonds. The summed E-state index contributed by atoms with van der Waals surface area (Å²) < 4.78 is 3.08. The van der Waals surface area contributed by atoms with E-state index in [0.717, 1.165) is 0 Å². The molecule has 2 aromatic rings. The molecule has 0 fully saturated rings. The fourth-order valence-electron chi connectivity index (χ4n) is 2.31. The molecule has 11 heteroatoms. The number of alkyl halides is 3. The summed E-state index contributed by atoms with van der Waals surface area (Å²) in [5.74, 6) is -1.05. The normalized spacial score (nSPS) is 11.9. The van der Waals surface area contributed by atoms with Crippen molar-refractivity contribution in [3.05, 3.63) is 64.7 Å². The minimum Gasteiger partial charge on any atom is -0.462 e. The van der Waals surface area contributed by atoms with E-state index in [2.05, 4.69) is 16.0 Å². The molecule has 0 aliphatic rings. The summed E-state index contributed by atoms with van der Waals surface area (Å²) in [6, 6.07) is 12.9. The molecule has 2 aromatic carbocycles. The van der Waals surface area contributed by atoms with Crippen molar-refractivity contribution in [2.24, 2.45) is 0 Å². The fraction of sp³-hybridized carbons (Fsp3) is 0.211. The van der Waals surface area contributed by atoms with Crippen LogP contribution in [0.3, 0.4) is 0 Å². The van der Waals surface area contributed by atoms with Gasteiger partial charge in [-0.25, -0.2) is 4.79 Å². The van der Waals surface area contributed by atoms with Crippen molar-refractivity contribution in [3.8, 4) is 0 Å². The predicted molar refractivity (Wildman–Crippen MR) is 125 cm³/mol. The number of hydrogen-bond acceptors (Lipinski definition) is 4. The van der Waals surface area contributed by atoms with Gasteiger partial charge in [0.15, 0.2) is 5.11 Å². The van der Waals surface area contributed by atoms with Gasteiger partial charge in [-0.2, -0.15) is 0 Å². The highest BCUT2D eigenvalue weighted by atomic mass is 35.6. The molecular weight excluding hydrogens is 492 g/mol. The largest absolute Gasteiger partial charge is 0.462 e. The van der Waals surface area contributed by atoms with Gasteiger partial charge in [-0.3, -0.25) is 4.79 Å². The van der Waals surface area contributed by atoms with E-state index in [-0.39, 0.29) is 22.8 Å². The van der Waals surface area contributed by atoms with Crippen molar-refractivity contribution in [2.45, 2.75) is 16.9 Å². The standard InChI is InChI=1S/C19H17Cl4N3O3S/c1-2-29-16(28)13-8-3-4-9-14(13)24-18(30)26-17(19(21,22)23)25-15(27)11-6-5-7-12(20)10-11/h3-10,17H,2H2,1H3,(H,25,27)(H2,24,26,30). The van der Waals surface area contributed by atoms with Gasteiger partial charge < -0.3 is 20.7 Å². The van der Waals surface area contributed by atoms with Crippen LogP contribution in [0.15, 0.2) is 48.5 Å². The second-order valence-corrected chi connectivity index (χ2v) is 9.04. The van der Waals surface area contributed by atoms with Gasteiger partial charge in [0.2, 0.25) is 3.79 Å². The van der Waals surface area contributed by atoms with Gasteiger partial charge >= 0.3 is 5.97 Å². The number of ether oxygens (including phenoxy) is 1. The number of anilines is 1. The molecule has 6 nitrogen and oxygen atoms in total. The Bertz CT molecular complexity index is 937. The third-order valence-corrected chi connectivity index (χ3v) is 4.75. The number of amides is 1. The third-order valence-electron chi connectivity index (χ3n) is 3.64. The first-order valence-corrected chi connectivity index (χ1v) is 10.5. The first-order valence-electron chi connectivity index (χ1n) is 8.58. The van der Waals surface area contributed by atoms with E-state index in [1.807, 2.05) is 0 Å². The Morgan fingerprint density at radius 3 is 2.43 bits per heavy atom. The summed E-state index contributed by atoms with van der Waals surface area (Å²) in [7, 11) is 0. The summed E-state index contributed by atoms with van der Waals surface area (Å²) in [5.41, 5.74) is 0.935. The van der Waals surface area contributed by atoms with E-state index < -0.39 is 21.8 Å². The van der Waals surface area contributed by atoms with Crippen molar-refractivity contribution in [1.29, 1.82) is 0 Å². The molecule has 2 rings (SSSR count). The van der Waals surface area contributed by atoms with Gasteiger partial charge in [-0.15, -0.1) is 0 Å². The number of esters is 1. The molecular formula is C19H17Cl4N3O3S. The van der Waals surface area contributed by atoms with Gasteiger partial charge in [0, 0.05) is 10.6 Å². The zero-order chi connectivity index (χ0) is 22.3. The second-order valence-electron chi connectivity index (χ2n) is 5.82. The Morgan fingerprint density at radius 2 is 1.80 bits per heavy atom. The number of para-hydroxylation sites is 1. The van der Waals surface area contributed by atoms with Crippen LogP contribution < -0.4 is 16.0 Å². The van der Waals surface area contributed by atoms with Gasteiger partial charge in [0.25, 0.3) is 5.91 Å². The Hall–Kier alpha value is -1.77. The molecule has 0 radical (unpaired) electrons. The quantitative estimate of drug-likeness (QED) is 0.222. The molecule has 0 spiro atoms. The topological polar surface area (TPSA) is 79.5 Å². The molecule has 30 heavy (non-hydrogen) atoms. The molecule has 1 unspecified atom stereocenters. The maximum absolute atomic E-state index is 12.5. The van der Waals surface area contributed by atoms with Gasteiger partial charge in [0.1, 0.15) is 6.17 Å². The SMILES string of the molecule is CCOC(=O)c1ccccc1NC(=S)NC(NC(=O)c1cccc(Cl)c1)C(Cl)(Cl)Cl. The number of thiocarbonyl (C=S) groups is 1. The average molecular weight is 509 g/mol. The zero-order valence-corrected chi connectivity index (χ0v) is 19.4. The molecule has 0 bridgehead atoms. The number of benzene rings is 2. The van der Waals surface area contributed by atoms with E-state index in [1.165, 1.54) is 6.07 Å². The van der Waals surface area contributed by atoms with Crippen molar-refractivity contribution < 1.29 is 14.3 Å². The smallest absolute Gasteiger partial charge is 0.340 e. The first-order chi connectivity index (χ1) is 14.1. The number of carbonyl (C=O) groups is 2. The number of nitrogens with one attached hydrogen (secondary N) is 3. The van der Waals surface area contributed by atoms with Crippen LogP contribution in [-0.2, 0) is 4.74 Å². The van der Waals surface area contributed by atoms with Gasteiger partial charge in [-0.1, -0.05) is 64.6 Å². The van der Waals surface area contributed by atoms with E-state index >= 15 is 0 Å². The number of rotatable bonds is 6. The number of hydrogen-bond donors (Lipinski definition) is 3. The Labute approximate surface area is 199 Å². The average Bonchev–Trinajstić information content (AvgIpc) is 2.67. The molecule has 0 heterocycles. The first kappa shape index (κ1) is 24.5. The molecule has 160 valence electrons. The third kappa shape index (κ3) is 7.18. The summed E-state index contributed by atoms with van der Waals surface area (Å²) in [5, 5.41) is 8.52. The highest BCUT2D eigenvalue weighted by Crippen LogP contribution is 2.29. The number of halogens is 4. The van der Waals surface area contributed by atoms with Crippen molar-refractivity contribution >= 4 is 81.3 Å². The highest BCUT2D eigenvalue weighted by molar-refractivity contribution is 7.80. The van der Waals surface area contributed by atoms with Crippen molar-refractivity contribution in [2.75, 3.05) is 11.9 Å². The lowest BCUT2D eigenvalue weighted by atomic mass is 10.2. The van der Waals surface area contributed by atoms with Crippen LogP contribution in [0.1, 0.15) is 27.6 Å². The van der Waals surface area contributed by atoms with E-state index in [9.17, 15) is 9.59 Å². The monoisotopic (exact) mass is 507 g/mol. The van der Waals surface area contributed by atoms with Gasteiger partial charge in [-0.05, 0) is 49.5 Å². The second kappa shape index (κ2) is 11.0. The summed E-state index contributed by atoms with van der Waals surface area (Å²) in [6.45, 7) is 1.93. The van der Waals surface area contributed by atoms with Crippen molar-refractivity contribution in [1.82, 2.24) is 10.6 Å². The van der Waals surface area contributed by atoms with E-state index in [1.54, 1.807) is 49.4 Å². The summed E-state index contributed by atoms with van der Waals surface area (Å²) in [4.78, 5) is 24.6. The molecule has 0 aliphatic carbocycles. The maximum Gasteiger partial charge on any atom is 0.340 e. The lowest BCUT2D eigenvalue weighted by molar-refractivity contribution is 0.0527. The highest BCUT2D eigenvalue weighted by Gasteiger charge is 2.35. The van der Waals surface area contributed by atoms with Crippen LogP contribution in [0.25, 0.3) is 0 Å². The molecule has 0 aromatic heterocycles. The Kier molecular flexibility index (Phi) is 9.00. The van der Waals surface area contributed by atoms with Crippen LogP contribution in [0, 0.1) is 0 Å². The minimum atomic E-state index is -1.94. The fourth-order valence-corrected chi connectivity index (χ4v) is 3.06. The summed E-state index contributed by atoms with van der Waals surface area (Å²) in [6.07, 6.45) is -1.19. The molecule has 1 atom stereocenters. The molecule has 0 saturated heterocycles.